The number of aryl methyl sites for hydroxylation is 1. The van der Waals surface area contributed by atoms with Gasteiger partial charge in [0.2, 0.25) is 9.84 Å². The molecule has 0 bridgehead atoms. The number of rotatable bonds is 6. The minimum atomic E-state index is -3.93. The Morgan fingerprint density at radius 1 is 1.12 bits per heavy atom. The van der Waals surface area contributed by atoms with E-state index in [2.05, 4.69) is 0 Å². The van der Waals surface area contributed by atoms with Gasteiger partial charge in [0.25, 0.3) is 0 Å². The van der Waals surface area contributed by atoms with Crippen LogP contribution in [0.25, 0.3) is 6.08 Å². The minimum absolute atomic E-state index is 0.0526. The highest BCUT2D eigenvalue weighted by molar-refractivity contribution is 7.95. The molecule has 26 heavy (non-hydrogen) atoms. The van der Waals surface area contributed by atoms with E-state index in [1.165, 1.54) is 31.4 Å². The summed E-state index contributed by atoms with van der Waals surface area (Å²) in [5, 5.41) is 17.9. The van der Waals surface area contributed by atoms with E-state index in [0.717, 1.165) is 5.56 Å². The Bertz CT molecular complexity index is 1010. The zero-order valence-electron chi connectivity index (χ0n) is 14.3. The molecule has 0 amide bonds. The fourth-order valence-electron chi connectivity index (χ4n) is 2.17. The topological polar surface area (TPSA) is 100 Å². The van der Waals surface area contributed by atoms with Crippen LogP contribution in [0, 0.1) is 29.6 Å². The maximum atomic E-state index is 12.7. The van der Waals surface area contributed by atoms with E-state index in [4.69, 9.17) is 14.7 Å². The van der Waals surface area contributed by atoms with Crippen molar-refractivity contribution < 1.29 is 17.9 Å². The van der Waals surface area contributed by atoms with Crippen LogP contribution in [0.1, 0.15) is 11.1 Å². The predicted molar refractivity (Wildman–Crippen MR) is 96.1 cm³/mol. The molecule has 132 valence electrons. The molecule has 6 nitrogen and oxygen atoms in total. The first kappa shape index (κ1) is 19.0. The fourth-order valence-corrected chi connectivity index (χ4v) is 3.33. The van der Waals surface area contributed by atoms with E-state index in [1.54, 1.807) is 30.3 Å². The summed E-state index contributed by atoms with van der Waals surface area (Å²) in [7, 11) is -2.50. The molecular weight excluding hydrogens is 352 g/mol. The van der Waals surface area contributed by atoms with Crippen molar-refractivity contribution in [2.45, 2.75) is 11.8 Å². The van der Waals surface area contributed by atoms with E-state index >= 15 is 0 Å². The van der Waals surface area contributed by atoms with Crippen LogP contribution in [0.5, 0.6) is 11.5 Å². The van der Waals surface area contributed by atoms with E-state index in [0.29, 0.717) is 17.1 Å². The monoisotopic (exact) mass is 368 g/mol. The Hall–Kier alpha value is -3.29. The summed E-state index contributed by atoms with van der Waals surface area (Å²) in [6.07, 6.45) is 1.27. The molecule has 0 atom stereocenters. The van der Waals surface area contributed by atoms with Crippen molar-refractivity contribution in [1.82, 2.24) is 0 Å². The summed E-state index contributed by atoms with van der Waals surface area (Å²) in [5.74, 6) is 0.685. The molecule has 0 fully saturated rings. The zero-order valence-corrected chi connectivity index (χ0v) is 15.1. The van der Waals surface area contributed by atoms with Crippen LogP contribution >= 0.6 is 0 Å². The van der Waals surface area contributed by atoms with Gasteiger partial charge in [-0.3, -0.25) is 0 Å². The standard InChI is InChI=1S/C19H16N2O4S/c1-14-3-6-16(7-4-14)26(22,23)17(13-21)11-15-5-8-18(25-10-9-20)19(12-15)24-2/h3-8,11-12H,10H2,1-2H3. The van der Waals surface area contributed by atoms with Crippen LogP contribution in [0.2, 0.25) is 0 Å². The number of benzene rings is 2. The molecule has 7 heteroatoms. The summed E-state index contributed by atoms with van der Waals surface area (Å²) in [6, 6.07) is 14.6. The van der Waals surface area contributed by atoms with Gasteiger partial charge in [-0.05, 0) is 42.8 Å². The van der Waals surface area contributed by atoms with Crippen molar-refractivity contribution in [2.75, 3.05) is 13.7 Å². The predicted octanol–water partition coefficient (Wildman–Crippen LogP) is 3.24. The molecule has 2 aromatic carbocycles. The summed E-state index contributed by atoms with van der Waals surface area (Å²) in [5.41, 5.74) is 1.38. The number of methoxy groups -OCH3 is 1. The molecule has 0 saturated heterocycles. The molecule has 0 aliphatic rings. The normalized spacial score (nSPS) is 11.3. The maximum absolute atomic E-state index is 12.7. The number of ether oxygens (including phenoxy) is 2. The Morgan fingerprint density at radius 2 is 1.81 bits per heavy atom. The van der Waals surface area contributed by atoms with Gasteiger partial charge in [0.05, 0.1) is 12.0 Å². The Balaban J connectivity index is 2.44. The summed E-state index contributed by atoms with van der Waals surface area (Å²) in [4.78, 5) is -0.328. The van der Waals surface area contributed by atoms with Crippen molar-refractivity contribution in [3.05, 3.63) is 58.5 Å². The molecule has 0 aliphatic carbocycles. The fraction of sp³-hybridized carbons (Fsp3) is 0.158. The van der Waals surface area contributed by atoms with E-state index in [9.17, 15) is 13.7 Å². The highest BCUT2D eigenvalue weighted by atomic mass is 32.2. The number of nitrogens with zero attached hydrogens (tertiary/aromatic N) is 2. The molecule has 0 N–H and O–H groups in total. The molecule has 2 rings (SSSR count). The number of sulfone groups is 1. The van der Waals surface area contributed by atoms with Gasteiger partial charge in [0, 0.05) is 0 Å². The van der Waals surface area contributed by atoms with Gasteiger partial charge in [-0.2, -0.15) is 10.5 Å². The lowest BCUT2D eigenvalue weighted by atomic mass is 10.2. The van der Waals surface area contributed by atoms with Crippen molar-refractivity contribution in [3.8, 4) is 23.6 Å². The second-order valence-corrected chi connectivity index (χ2v) is 7.21. The minimum Gasteiger partial charge on any atom is -0.493 e. The molecule has 0 aromatic heterocycles. The van der Waals surface area contributed by atoms with E-state index in [1.807, 2.05) is 13.0 Å². The van der Waals surface area contributed by atoms with Gasteiger partial charge < -0.3 is 9.47 Å². The first-order valence-corrected chi connectivity index (χ1v) is 9.02. The highest BCUT2D eigenvalue weighted by Crippen LogP contribution is 2.30. The van der Waals surface area contributed by atoms with Crippen LogP contribution in [-0.2, 0) is 9.84 Å². The third-order valence-corrected chi connectivity index (χ3v) is 5.19. The molecule has 0 unspecified atom stereocenters. The lowest BCUT2D eigenvalue weighted by molar-refractivity contribution is 0.329. The highest BCUT2D eigenvalue weighted by Gasteiger charge is 2.21. The smallest absolute Gasteiger partial charge is 0.216 e. The average molecular weight is 368 g/mol. The van der Waals surface area contributed by atoms with Crippen LogP contribution in [0.15, 0.2) is 52.3 Å². The van der Waals surface area contributed by atoms with Gasteiger partial charge in [-0.15, -0.1) is 0 Å². The first-order chi connectivity index (χ1) is 12.4. The Morgan fingerprint density at radius 3 is 2.38 bits per heavy atom. The van der Waals surface area contributed by atoms with Crippen LogP contribution in [-0.4, -0.2) is 22.1 Å². The second kappa shape index (κ2) is 8.19. The molecule has 0 radical (unpaired) electrons. The van der Waals surface area contributed by atoms with Gasteiger partial charge in [-0.25, -0.2) is 8.42 Å². The van der Waals surface area contributed by atoms with Gasteiger partial charge in [-0.1, -0.05) is 23.8 Å². The number of hydrogen-bond donors (Lipinski definition) is 0. The average Bonchev–Trinajstić information content (AvgIpc) is 2.64. The van der Waals surface area contributed by atoms with E-state index in [-0.39, 0.29) is 16.4 Å². The molecule has 0 spiro atoms. The first-order valence-electron chi connectivity index (χ1n) is 7.53. The van der Waals surface area contributed by atoms with Gasteiger partial charge in [0.15, 0.2) is 18.1 Å². The molecule has 2 aromatic rings. The third-order valence-electron chi connectivity index (χ3n) is 3.51. The number of nitriles is 2. The molecule has 0 heterocycles. The summed E-state index contributed by atoms with van der Waals surface area (Å²) in [6.45, 7) is 1.70. The second-order valence-electron chi connectivity index (χ2n) is 5.29. The summed E-state index contributed by atoms with van der Waals surface area (Å²) >= 11 is 0. The van der Waals surface area contributed by atoms with E-state index < -0.39 is 9.84 Å². The quantitative estimate of drug-likeness (QED) is 0.726. The van der Waals surface area contributed by atoms with Gasteiger partial charge in [0.1, 0.15) is 17.0 Å². The van der Waals surface area contributed by atoms with Crippen LogP contribution in [0.3, 0.4) is 0 Å². The largest absolute Gasteiger partial charge is 0.493 e. The van der Waals surface area contributed by atoms with Crippen molar-refractivity contribution >= 4 is 15.9 Å². The molecule has 0 saturated carbocycles. The molecule has 0 aliphatic heterocycles. The number of allylic oxidation sites excluding steroid dienone is 1. The van der Waals surface area contributed by atoms with Gasteiger partial charge >= 0.3 is 0 Å². The SMILES string of the molecule is COc1cc(C=C(C#N)S(=O)(=O)c2ccc(C)cc2)ccc1OCC#N. The van der Waals surface area contributed by atoms with Crippen LogP contribution < -0.4 is 9.47 Å². The Kier molecular flexibility index (Phi) is 6.00. The maximum Gasteiger partial charge on any atom is 0.216 e. The number of hydrogen-bond acceptors (Lipinski definition) is 6. The van der Waals surface area contributed by atoms with Crippen molar-refractivity contribution in [1.29, 1.82) is 10.5 Å². The third kappa shape index (κ3) is 4.21. The zero-order chi connectivity index (χ0) is 19.2. The van der Waals surface area contributed by atoms with Crippen molar-refractivity contribution in [2.24, 2.45) is 0 Å². The lowest BCUT2D eigenvalue weighted by Crippen LogP contribution is -2.03. The van der Waals surface area contributed by atoms with Crippen molar-refractivity contribution in [3.63, 3.8) is 0 Å². The molecular formula is C19H16N2O4S. The van der Waals surface area contributed by atoms with Crippen LogP contribution in [0.4, 0.5) is 0 Å². The Labute approximate surface area is 152 Å². The lowest BCUT2D eigenvalue weighted by Gasteiger charge is -2.09. The summed E-state index contributed by atoms with van der Waals surface area (Å²) < 4.78 is 35.7.